The van der Waals surface area contributed by atoms with E-state index in [1.807, 2.05) is 0 Å². The maximum Gasteiger partial charge on any atom is 0.0462 e. The number of hydrogen-bond acceptors (Lipinski definition) is 1. The Hall–Kier alpha value is -4.36. The molecular weight excluding hydrogens is 458 g/mol. The quantitative estimate of drug-likeness (QED) is 0.204. The standard InChI is InChI=1S/C37H35N/c1-5-6-17-35-28(3)19-25-36(34-24-18-27(2)26-29(34)4)37(35)30-20-22-33(23-21-30)38(31-13-9-7-10-14-31)32-15-11-8-12-16-32/h5-16,18-26H,17H2,1-4H3/b6-5-. The average molecular weight is 494 g/mol. The second-order valence-corrected chi connectivity index (χ2v) is 9.93. The van der Waals surface area contributed by atoms with E-state index in [-0.39, 0.29) is 0 Å². The number of nitrogens with zero attached hydrogens (tertiary/aromatic N) is 1. The Morgan fingerprint density at radius 2 is 1.16 bits per heavy atom. The summed E-state index contributed by atoms with van der Waals surface area (Å²) in [5.41, 5.74) is 13.9. The number of aryl methyl sites for hydroxylation is 3. The highest BCUT2D eigenvalue weighted by molar-refractivity contribution is 5.89. The van der Waals surface area contributed by atoms with E-state index in [1.54, 1.807) is 0 Å². The summed E-state index contributed by atoms with van der Waals surface area (Å²) in [6, 6.07) is 41.6. The van der Waals surface area contributed by atoms with Crippen LogP contribution in [0, 0.1) is 20.8 Å². The minimum atomic E-state index is 0.915. The maximum atomic E-state index is 2.31. The lowest BCUT2D eigenvalue weighted by Gasteiger charge is -2.26. The van der Waals surface area contributed by atoms with Crippen molar-refractivity contribution < 1.29 is 0 Å². The Kier molecular flexibility index (Phi) is 7.56. The predicted molar refractivity (Wildman–Crippen MR) is 165 cm³/mol. The first-order valence-corrected chi connectivity index (χ1v) is 13.4. The summed E-state index contributed by atoms with van der Waals surface area (Å²) in [6.45, 7) is 8.71. The minimum Gasteiger partial charge on any atom is -0.311 e. The van der Waals surface area contributed by atoms with Crippen molar-refractivity contribution in [1.29, 1.82) is 0 Å². The molecule has 0 N–H and O–H groups in total. The van der Waals surface area contributed by atoms with Crippen LogP contribution in [0.3, 0.4) is 0 Å². The Bertz CT molecular complexity index is 1510. The third-order valence-corrected chi connectivity index (χ3v) is 7.22. The molecule has 0 aliphatic heterocycles. The molecule has 0 radical (unpaired) electrons. The summed E-state index contributed by atoms with van der Waals surface area (Å²) in [5, 5.41) is 0. The molecule has 0 aliphatic carbocycles. The number of hydrogen-bond donors (Lipinski definition) is 0. The van der Waals surface area contributed by atoms with Crippen molar-refractivity contribution in [3.8, 4) is 22.3 Å². The van der Waals surface area contributed by atoms with Crippen LogP contribution < -0.4 is 4.90 Å². The monoisotopic (exact) mass is 493 g/mol. The highest BCUT2D eigenvalue weighted by Crippen LogP contribution is 2.41. The number of benzene rings is 5. The molecule has 0 atom stereocenters. The molecule has 0 fully saturated rings. The van der Waals surface area contributed by atoms with Crippen molar-refractivity contribution in [1.82, 2.24) is 0 Å². The molecule has 0 aromatic heterocycles. The molecule has 0 spiro atoms. The second kappa shape index (κ2) is 11.4. The summed E-state index contributed by atoms with van der Waals surface area (Å²) < 4.78 is 0. The van der Waals surface area contributed by atoms with Crippen LogP contribution in [0.15, 0.2) is 127 Å². The summed E-state index contributed by atoms with van der Waals surface area (Å²) >= 11 is 0. The number of anilines is 3. The van der Waals surface area contributed by atoms with Crippen LogP contribution in [0.5, 0.6) is 0 Å². The molecule has 0 bridgehead atoms. The van der Waals surface area contributed by atoms with E-state index in [1.165, 1.54) is 44.5 Å². The van der Waals surface area contributed by atoms with Gasteiger partial charge in [-0.2, -0.15) is 0 Å². The minimum absolute atomic E-state index is 0.915. The molecule has 5 aromatic carbocycles. The van der Waals surface area contributed by atoms with Crippen LogP contribution in [-0.2, 0) is 6.42 Å². The third-order valence-electron chi connectivity index (χ3n) is 7.22. The van der Waals surface area contributed by atoms with E-state index >= 15 is 0 Å². The smallest absolute Gasteiger partial charge is 0.0462 e. The van der Waals surface area contributed by atoms with Gasteiger partial charge in [-0.1, -0.05) is 96.6 Å². The SMILES string of the molecule is C/C=C\Cc1c(C)ccc(-c2ccc(C)cc2C)c1-c1ccc(N(c2ccccc2)c2ccccc2)cc1. The van der Waals surface area contributed by atoms with Crippen LogP contribution in [0.25, 0.3) is 22.3 Å². The summed E-state index contributed by atoms with van der Waals surface area (Å²) in [4.78, 5) is 2.31. The first-order valence-electron chi connectivity index (χ1n) is 13.4. The summed E-state index contributed by atoms with van der Waals surface area (Å²) in [5.74, 6) is 0. The molecule has 0 saturated carbocycles. The van der Waals surface area contributed by atoms with Crippen molar-refractivity contribution in [3.05, 3.63) is 150 Å². The summed E-state index contributed by atoms with van der Waals surface area (Å²) in [7, 11) is 0. The van der Waals surface area contributed by atoms with Gasteiger partial charge in [0.1, 0.15) is 0 Å². The molecule has 5 rings (SSSR count). The molecule has 5 aromatic rings. The molecule has 0 amide bonds. The largest absolute Gasteiger partial charge is 0.311 e. The van der Waals surface area contributed by atoms with E-state index in [2.05, 4.69) is 160 Å². The van der Waals surface area contributed by atoms with Crippen molar-refractivity contribution in [3.63, 3.8) is 0 Å². The molecule has 1 nitrogen and oxygen atoms in total. The van der Waals surface area contributed by atoms with Crippen LogP contribution in [0.4, 0.5) is 17.1 Å². The van der Waals surface area contributed by atoms with Gasteiger partial charge in [0.25, 0.3) is 0 Å². The van der Waals surface area contributed by atoms with Gasteiger partial charge in [-0.3, -0.25) is 0 Å². The maximum absolute atomic E-state index is 2.31. The zero-order valence-electron chi connectivity index (χ0n) is 22.8. The lowest BCUT2D eigenvalue weighted by molar-refractivity contribution is 1.21. The highest BCUT2D eigenvalue weighted by atomic mass is 15.1. The fourth-order valence-corrected chi connectivity index (χ4v) is 5.30. The highest BCUT2D eigenvalue weighted by Gasteiger charge is 2.17. The zero-order valence-corrected chi connectivity index (χ0v) is 22.8. The number of rotatable bonds is 7. The van der Waals surface area contributed by atoms with Crippen molar-refractivity contribution in [2.24, 2.45) is 0 Å². The average Bonchev–Trinajstić information content (AvgIpc) is 2.94. The Labute approximate surface area is 227 Å². The van der Waals surface area contributed by atoms with Gasteiger partial charge < -0.3 is 4.90 Å². The van der Waals surface area contributed by atoms with Crippen LogP contribution in [-0.4, -0.2) is 0 Å². The van der Waals surface area contributed by atoms with Gasteiger partial charge in [-0.05, 0) is 109 Å². The second-order valence-electron chi connectivity index (χ2n) is 9.93. The Morgan fingerprint density at radius 3 is 1.74 bits per heavy atom. The van der Waals surface area contributed by atoms with Gasteiger partial charge in [-0.25, -0.2) is 0 Å². The number of para-hydroxylation sites is 2. The van der Waals surface area contributed by atoms with E-state index < -0.39 is 0 Å². The molecule has 188 valence electrons. The first kappa shape index (κ1) is 25.3. The van der Waals surface area contributed by atoms with Gasteiger partial charge in [0.2, 0.25) is 0 Å². The topological polar surface area (TPSA) is 3.24 Å². The number of allylic oxidation sites excluding steroid dienone is 2. The van der Waals surface area contributed by atoms with Crippen LogP contribution >= 0.6 is 0 Å². The zero-order chi connectivity index (χ0) is 26.5. The Morgan fingerprint density at radius 1 is 0.579 bits per heavy atom. The fraction of sp³-hybridized carbons (Fsp3) is 0.135. The van der Waals surface area contributed by atoms with Gasteiger partial charge >= 0.3 is 0 Å². The van der Waals surface area contributed by atoms with Crippen molar-refractivity contribution in [2.75, 3.05) is 4.90 Å². The van der Waals surface area contributed by atoms with Crippen LogP contribution in [0.2, 0.25) is 0 Å². The van der Waals surface area contributed by atoms with Gasteiger partial charge in [0.15, 0.2) is 0 Å². The first-order chi connectivity index (χ1) is 18.6. The van der Waals surface area contributed by atoms with E-state index in [0.29, 0.717) is 0 Å². The van der Waals surface area contributed by atoms with Crippen LogP contribution in [0.1, 0.15) is 29.2 Å². The molecule has 0 aliphatic rings. The normalized spacial score (nSPS) is 11.2. The van der Waals surface area contributed by atoms with Gasteiger partial charge in [-0.15, -0.1) is 0 Å². The lowest BCUT2D eigenvalue weighted by Crippen LogP contribution is -2.09. The molecule has 38 heavy (non-hydrogen) atoms. The molecule has 0 saturated heterocycles. The molecule has 1 heteroatoms. The Balaban J connectivity index is 1.66. The lowest BCUT2D eigenvalue weighted by atomic mass is 9.85. The molecule has 0 heterocycles. The van der Waals surface area contributed by atoms with Crippen molar-refractivity contribution in [2.45, 2.75) is 34.1 Å². The molecular formula is C37H35N. The van der Waals surface area contributed by atoms with Crippen molar-refractivity contribution >= 4 is 17.1 Å². The van der Waals surface area contributed by atoms with E-state index in [4.69, 9.17) is 0 Å². The fourth-order valence-electron chi connectivity index (χ4n) is 5.30. The van der Waals surface area contributed by atoms with E-state index in [0.717, 1.165) is 23.5 Å². The third kappa shape index (κ3) is 5.19. The molecule has 0 unspecified atom stereocenters. The van der Waals surface area contributed by atoms with Gasteiger partial charge in [0.05, 0.1) is 0 Å². The van der Waals surface area contributed by atoms with Gasteiger partial charge in [0, 0.05) is 17.1 Å². The summed E-state index contributed by atoms with van der Waals surface area (Å²) in [6.07, 6.45) is 5.32. The van der Waals surface area contributed by atoms with E-state index in [9.17, 15) is 0 Å². The predicted octanol–water partition coefficient (Wildman–Crippen LogP) is 10.5.